The zero-order valence-corrected chi connectivity index (χ0v) is 11.0. The predicted octanol–water partition coefficient (Wildman–Crippen LogP) is 2.81. The highest BCUT2D eigenvalue weighted by molar-refractivity contribution is 5.79. The van der Waals surface area contributed by atoms with Crippen molar-refractivity contribution in [2.45, 2.75) is 65.8 Å². The largest absolute Gasteiger partial charge is 0.456 e. The number of esters is 1. The van der Waals surface area contributed by atoms with Gasteiger partial charge in [0.15, 0.2) is 0 Å². The Hall–Kier alpha value is -0.610. The molecule has 0 bridgehead atoms. The lowest BCUT2D eigenvalue weighted by Crippen LogP contribution is -2.34. The van der Waals surface area contributed by atoms with Crippen molar-refractivity contribution < 1.29 is 19.3 Å². The monoisotopic (exact) mass is 230 g/mol. The Morgan fingerprint density at radius 2 is 1.62 bits per heavy atom. The molecule has 94 valence electrons. The second-order valence-electron chi connectivity index (χ2n) is 6.48. The Labute approximate surface area is 97.2 Å². The van der Waals surface area contributed by atoms with E-state index in [1.807, 2.05) is 20.8 Å². The summed E-state index contributed by atoms with van der Waals surface area (Å²) in [6, 6.07) is 0. The summed E-state index contributed by atoms with van der Waals surface area (Å²) < 4.78 is 5.24. The van der Waals surface area contributed by atoms with Crippen molar-refractivity contribution in [2.75, 3.05) is 0 Å². The summed E-state index contributed by atoms with van der Waals surface area (Å²) in [5.41, 5.74) is -0.370. The van der Waals surface area contributed by atoms with E-state index in [4.69, 9.17) is 14.5 Å². The molecule has 0 atom stereocenters. The molecule has 16 heavy (non-hydrogen) atoms. The summed E-state index contributed by atoms with van der Waals surface area (Å²) >= 11 is 0. The molecule has 0 N–H and O–H groups in total. The molecule has 0 aromatic rings. The van der Waals surface area contributed by atoms with Gasteiger partial charge in [0, 0.05) is 6.42 Å². The Morgan fingerprint density at radius 3 is 1.94 bits per heavy atom. The topological polar surface area (TPSA) is 51.4 Å². The van der Waals surface area contributed by atoms with Gasteiger partial charge in [0.2, 0.25) is 0 Å². The number of ether oxygens (including phenoxy) is 1. The molecular weight excluding hydrogens is 208 g/mol. The zero-order valence-electron chi connectivity index (χ0n) is 11.0. The van der Waals surface area contributed by atoms with E-state index in [1.54, 1.807) is 0 Å². The second-order valence-corrected chi connectivity index (χ2v) is 6.48. The maximum Gasteiger partial charge on any atom is 0.373 e. The average Bonchev–Trinajstić information content (AvgIpc) is 2.76. The van der Waals surface area contributed by atoms with Crippen LogP contribution in [0.2, 0.25) is 0 Å². The van der Waals surface area contributed by atoms with Gasteiger partial charge in [-0.3, -0.25) is 0 Å². The fourth-order valence-corrected chi connectivity index (χ4v) is 1.20. The molecule has 0 amide bonds. The molecule has 1 saturated heterocycles. The molecule has 1 aliphatic heterocycles. The Morgan fingerprint density at radius 1 is 1.12 bits per heavy atom. The Bertz CT molecular complexity index is 266. The van der Waals surface area contributed by atoms with E-state index in [9.17, 15) is 4.79 Å². The van der Waals surface area contributed by atoms with Crippen LogP contribution in [0.5, 0.6) is 0 Å². The highest BCUT2D eigenvalue weighted by atomic mass is 17.4. The van der Waals surface area contributed by atoms with Crippen LogP contribution in [0, 0.1) is 5.41 Å². The van der Waals surface area contributed by atoms with Crippen LogP contribution in [0.3, 0.4) is 0 Å². The van der Waals surface area contributed by atoms with E-state index >= 15 is 0 Å². The van der Waals surface area contributed by atoms with Gasteiger partial charge in [-0.05, 0) is 32.6 Å². The van der Waals surface area contributed by atoms with Crippen molar-refractivity contribution in [1.29, 1.82) is 0 Å². The van der Waals surface area contributed by atoms with E-state index < -0.39 is 17.4 Å². The first-order chi connectivity index (χ1) is 7.04. The third-order valence-electron chi connectivity index (χ3n) is 2.20. The third kappa shape index (κ3) is 4.10. The van der Waals surface area contributed by atoms with Crippen molar-refractivity contribution in [3.8, 4) is 0 Å². The third-order valence-corrected chi connectivity index (χ3v) is 2.20. The summed E-state index contributed by atoms with van der Waals surface area (Å²) in [5, 5.41) is 0. The highest BCUT2D eigenvalue weighted by Gasteiger charge is 2.59. The average molecular weight is 230 g/mol. The molecule has 0 saturated carbocycles. The molecule has 0 aromatic heterocycles. The minimum Gasteiger partial charge on any atom is -0.456 e. The van der Waals surface area contributed by atoms with E-state index in [1.165, 1.54) is 0 Å². The summed E-state index contributed by atoms with van der Waals surface area (Å²) in [6.45, 7) is 11.8. The van der Waals surface area contributed by atoms with Crippen LogP contribution in [0.25, 0.3) is 0 Å². The summed E-state index contributed by atoms with van der Waals surface area (Å²) in [4.78, 5) is 21.4. The van der Waals surface area contributed by atoms with Gasteiger partial charge in [-0.1, -0.05) is 20.8 Å². The van der Waals surface area contributed by atoms with Crippen LogP contribution in [0.1, 0.15) is 54.4 Å². The maximum atomic E-state index is 11.8. The smallest absolute Gasteiger partial charge is 0.373 e. The van der Waals surface area contributed by atoms with Gasteiger partial charge >= 0.3 is 11.8 Å². The number of hydrogen-bond donors (Lipinski definition) is 0. The molecular formula is C12H22O4. The molecule has 4 nitrogen and oxygen atoms in total. The summed E-state index contributed by atoms with van der Waals surface area (Å²) in [5.74, 6) is -1.56. The molecule has 0 spiro atoms. The maximum absolute atomic E-state index is 11.8. The minimum absolute atomic E-state index is 0.143. The van der Waals surface area contributed by atoms with Gasteiger partial charge in [-0.15, -0.1) is 0 Å². The molecule has 0 unspecified atom stereocenters. The van der Waals surface area contributed by atoms with Crippen LogP contribution >= 0.6 is 0 Å². The molecule has 0 aromatic carbocycles. The van der Waals surface area contributed by atoms with Gasteiger partial charge < -0.3 is 4.74 Å². The molecule has 1 rings (SSSR count). The van der Waals surface area contributed by atoms with Crippen LogP contribution < -0.4 is 0 Å². The fourth-order valence-electron chi connectivity index (χ4n) is 1.20. The quantitative estimate of drug-likeness (QED) is 0.425. The van der Waals surface area contributed by atoms with E-state index in [2.05, 4.69) is 20.8 Å². The molecule has 4 heteroatoms. The molecule has 1 heterocycles. The van der Waals surface area contributed by atoms with Gasteiger partial charge in [0.1, 0.15) is 5.60 Å². The van der Waals surface area contributed by atoms with Crippen molar-refractivity contribution in [3.63, 3.8) is 0 Å². The highest BCUT2D eigenvalue weighted by Crippen LogP contribution is 2.39. The van der Waals surface area contributed by atoms with Crippen molar-refractivity contribution in [2.24, 2.45) is 5.41 Å². The lowest BCUT2D eigenvalue weighted by molar-refractivity contribution is -0.163. The fraction of sp³-hybridized carbons (Fsp3) is 0.917. The van der Waals surface area contributed by atoms with E-state index in [0.717, 1.165) is 6.42 Å². The Balaban J connectivity index is 2.49. The number of carbonyl (C=O) groups excluding carboxylic acids is 1. The van der Waals surface area contributed by atoms with Gasteiger partial charge in [-0.25, -0.2) is 4.79 Å². The SMILES string of the molecule is CC(C)(C)CCC1(C(=O)OC(C)(C)C)OO1. The number of carbonyl (C=O) groups is 1. The Kier molecular flexibility index (Phi) is 3.37. The summed E-state index contributed by atoms with van der Waals surface area (Å²) in [6.07, 6.45) is 1.37. The van der Waals surface area contributed by atoms with Crippen molar-refractivity contribution in [3.05, 3.63) is 0 Å². The number of hydrogen-bond acceptors (Lipinski definition) is 4. The van der Waals surface area contributed by atoms with Crippen molar-refractivity contribution in [1.82, 2.24) is 0 Å². The second kappa shape index (κ2) is 4.00. The van der Waals surface area contributed by atoms with Gasteiger partial charge in [0.25, 0.3) is 0 Å². The van der Waals surface area contributed by atoms with Crippen LogP contribution in [0.15, 0.2) is 0 Å². The van der Waals surface area contributed by atoms with Gasteiger partial charge in [-0.2, -0.15) is 9.78 Å². The first-order valence-electron chi connectivity index (χ1n) is 5.64. The first kappa shape index (κ1) is 13.5. The zero-order chi connectivity index (χ0) is 12.6. The lowest BCUT2D eigenvalue weighted by Gasteiger charge is -2.22. The van der Waals surface area contributed by atoms with Crippen LogP contribution in [0.4, 0.5) is 0 Å². The molecule has 1 fully saturated rings. The standard InChI is InChI=1S/C12H22O4/c1-10(2,3)7-8-12(15-16-12)9(13)14-11(4,5)6/h7-8H2,1-6H3. The molecule has 0 aliphatic carbocycles. The van der Waals surface area contributed by atoms with Gasteiger partial charge in [0.05, 0.1) is 0 Å². The predicted molar refractivity (Wildman–Crippen MR) is 59.4 cm³/mol. The van der Waals surface area contributed by atoms with Crippen LogP contribution in [-0.2, 0) is 19.3 Å². The van der Waals surface area contributed by atoms with Crippen LogP contribution in [-0.4, -0.2) is 17.4 Å². The lowest BCUT2D eigenvalue weighted by atomic mass is 9.88. The van der Waals surface area contributed by atoms with E-state index in [-0.39, 0.29) is 5.41 Å². The molecule has 1 aliphatic rings. The number of rotatable bonds is 3. The summed E-state index contributed by atoms with van der Waals surface area (Å²) in [7, 11) is 0. The van der Waals surface area contributed by atoms with Crippen molar-refractivity contribution >= 4 is 5.97 Å². The first-order valence-corrected chi connectivity index (χ1v) is 5.64. The minimum atomic E-state index is -1.14. The normalized spacial score (nSPS) is 19.4. The van der Waals surface area contributed by atoms with E-state index in [0.29, 0.717) is 6.42 Å². The molecule has 0 radical (unpaired) electrons.